The Kier molecular flexibility index (Phi) is 6.84. The molecule has 1 aliphatic rings. The van der Waals surface area contributed by atoms with Crippen LogP contribution in [0.15, 0.2) is 24.3 Å². The van der Waals surface area contributed by atoms with Crippen LogP contribution >= 0.6 is 0 Å². The largest absolute Gasteiger partial charge is 0.444 e. The van der Waals surface area contributed by atoms with Crippen LogP contribution in [0, 0.1) is 11.3 Å². The lowest BCUT2D eigenvalue weighted by Gasteiger charge is -2.35. The van der Waals surface area contributed by atoms with Crippen molar-refractivity contribution < 1.29 is 14.3 Å². The number of nitriles is 1. The molecule has 27 heavy (non-hydrogen) atoms. The summed E-state index contributed by atoms with van der Waals surface area (Å²) in [6, 6.07) is 8.63. The van der Waals surface area contributed by atoms with Gasteiger partial charge < -0.3 is 15.4 Å². The summed E-state index contributed by atoms with van der Waals surface area (Å²) < 4.78 is 5.43. The Morgan fingerprint density at radius 2 is 1.85 bits per heavy atom. The fourth-order valence-electron chi connectivity index (χ4n) is 3.35. The van der Waals surface area contributed by atoms with Gasteiger partial charge in [0.1, 0.15) is 5.60 Å². The molecule has 2 N–H and O–H groups in total. The molecule has 1 aliphatic carbocycles. The SMILES string of the molecule is CC(C)(C)OC(=O)NC1(CNC(=O)c2cccc(C#N)c2)CCCCCC1. The lowest BCUT2D eigenvalue weighted by atomic mass is 9.90. The molecule has 146 valence electrons. The van der Waals surface area contributed by atoms with E-state index in [1.165, 1.54) is 0 Å². The molecule has 6 nitrogen and oxygen atoms in total. The maximum atomic E-state index is 12.5. The van der Waals surface area contributed by atoms with Crippen molar-refractivity contribution in [3.8, 4) is 6.07 Å². The van der Waals surface area contributed by atoms with Gasteiger partial charge in [-0.3, -0.25) is 4.79 Å². The van der Waals surface area contributed by atoms with E-state index in [2.05, 4.69) is 10.6 Å². The highest BCUT2D eigenvalue weighted by Crippen LogP contribution is 2.27. The monoisotopic (exact) mass is 371 g/mol. The molecule has 0 bridgehead atoms. The number of carbonyl (C=O) groups excluding carboxylic acids is 2. The number of amides is 2. The second-order valence-electron chi connectivity index (χ2n) is 8.20. The van der Waals surface area contributed by atoms with Gasteiger partial charge in [-0.2, -0.15) is 5.26 Å². The van der Waals surface area contributed by atoms with E-state index in [-0.39, 0.29) is 5.91 Å². The summed E-state index contributed by atoms with van der Waals surface area (Å²) in [6.45, 7) is 5.82. The smallest absolute Gasteiger partial charge is 0.408 e. The fourth-order valence-corrected chi connectivity index (χ4v) is 3.35. The van der Waals surface area contributed by atoms with Gasteiger partial charge in [-0.25, -0.2) is 4.79 Å². The number of carbonyl (C=O) groups is 2. The average Bonchev–Trinajstić information content (AvgIpc) is 2.84. The summed E-state index contributed by atoms with van der Waals surface area (Å²) in [6.07, 6.45) is 5.37. The first-order valence-corrected chi connectivity index (χ1v) is 9.53. The van der Waals surface area contributed by atoms with E-state index >= 15 is 0 Å². The van der Waals surface area contributed by atoms with Crippen LogP contribution in [0.5, 0.6) is 0 Å². The van der Waals surface area contributed by atoms with Crippen molar-refractivity contribution in [2.75, 3.05) is 6.54 Å². The Hall–Kier alpha value is -2.55. The van der Waals surface area contributed by atoms with Crippen molar-refractivity contribution in [3.05, 3.63) is 35.4 Å². The molecule has 0 unspecified atom stereocenters. The molecule has 0 spiro atoms. The minimum absolute atomic E-state index is 0.248. The molecule has 0 aromatic heterocycles. The summed E-state index contributed by atoms with van der Waals surface area (Å²) in [5, 5.41) is 15.0. The number of ether oxygens (including phenoxy) is 1. The van der Waals surface area contributed by atoms with E-state index in [0.717, 1.165) is 38.5 Å². The molecule has 2 rings (SSSR count). The molecule has 1 fully saturated rings. The summed E-state index contributed by atoms with van der Waals surface area (Å²) in [7, 11) is 0. The number of nitrogens with one attached hydrogen (secondary N) is 2. The van der Waals surface area contributed by atoms with Gasteiger partial charge in [-0.05, 0) is 51.8 Å². The fraction of sp³-hybridized carbons (Fsp3) is 0.571. The normalized spacial score (nSPS) is 16.5. The Bertz CT molecular complexity index is 708. The van der Waals surface area contributed by atoms with Crippen LogP contribution in [-0.2, 0) is 4.74 Å². The van der Waals surface area contributed by atoms with E-state index in [1.54, 1.807) is 24.3 Å². The van der Waals surface area contributed by atoms with E-state index in [9.17, 15) is 9.59 Å². The second-order valence-corrected chi connectivity index (χ2v) is 8.20. The van der Waals surface area contributed by atoms with Crippen molar-refractivity contribution in [3.63, 3.8) is 0 Å². The minimum Gasteiger partial charge on any atom is -0.444 e. The van der Waals surface area contributed by atoms with Gasteiger partial charge in [0.2, 0.25) is 0 Å². The summed E-state index contributed by atoms with van der Waals surface area (Å²) in [4.78, 5) is 24.9. The number of benzene rings is 1. The maximum absolute atomic E-state index is 12.5. The number of alkyl carbamates (subject to hydrolysis) is 1. The maximum Gasteiger partial charge on any atom is 0.408 e. The van der Waals surface area contributed by atoms with Gasteiger partial charge in [0.05, 0.1) is 17.2 Å². The van der Waals surface area contributed by atoms with Gasteiger partial charge in [0.15, 0.2) is 0 Å². The van der Waals surface area contributed by atoms with Gasteiger partial charge in [-0.1, -0.05) is 31.7 Å². The molecule has 6 heteroatoms. The van der Waals surface area contributed by atoms with Crippen LogP contribution in [0.1, 0.15) is 75.2 Å². The van der Waals surface area contributed by atoms with Crippen molar-refractivity contribution in [2.45, 2.75) is 70.4 Å². The molecule has 0 radical (unpaired) electrons. The zero-order valence-corrected chi connectivity index (χ0v) is 16.4. The van der Waals surface area contributed by atoms with Gasteiger partial charge >= 0.3 is 6.09 Å². The summed E-state index contributed by atoms with van der Waals surface area (Å²) in [5.74, 6) is -0.248. The van der Waals surface area contributed by atoms with E-state index in [0.29, 0.717) is 17.7 Å². The van der Waals surface area contributed by atoms with Crippen LogP contribution in [0.4, 0.5) is 4.79 Å². The lowest BCUT2D eigenvalue weighted by Crippen LogP contribution is -2.56. The van der Waals surface area contributed by atoms with Crippen molar-refractivity contribution in [1.82, 2.24) is 10.6 Å². The van der Waals surface area contributed by atoms with Crippen LogP contribution in [0.2, 0.25) is 0 Å². The zero-order valence-electron chi connectivity index (χ0n) is 16.4. The standard InChI is InChI=1S/C21H29N3O3/c1-20(2,3)27-19(26)24-21(11-6-4-5-7-12-21)15-23-18(25)17-10-8-9-16(13-17)14-22/h8-10,13H,4-7,11-12,15H2,1-3H3,(H,23,25)(H,24,26). The molecule has 0 aliphatic heterocycles. The Labute approximate surface area is 161 Å². The number of nitrogens with zero attached hydrogens (tertiary/aromatic N) is 1. The molecule has 0 saturated heterocycles. The van der Waals surface area contributed by atoms with Crippen molar-refractivity contribution >= 4 is 12.0 Å². The number of hydrogen-bond acceptors (Lipinski definition) is 4. The third kappa shape index (κ3) is 6.59. The molecule has 2 amide bonds. The Balaban J connectivity index is 2.08. The average molecular weight is 371 g/mol. The Morgan fingerprint density at radius 3 is 2.44 bits per heavy atom. The quantitative estimate of drug-likeness (QED) is 0.785. The second kappa shape index (κ2) is 8.90. The van der Waals surface area contributed by atoms with E-state index in [4.69, 9.17) is 10.00 Å². The van der Waals surface area contributed by atoms with Gasteiger partial charge in [0, 0.05) is 12.1 Å². The van der Waals surface area contributed by atoms with Crippen molar-refractivity contribution in [2.24, 2.45) is 0 Å². The summed E-state index contributed by atoms with van der Waals surface area (Å²) in [5.41, 5.74) is -0.202. The predicted molar refractivity (Wildman–Crippen MR) is 103 cm³/mol. The van der Waals surface area contributed by atoms with Gasteiger partial charge in [-0.15, -0.1) is 0 Å². The van der Waals surface area contributed by atoms with E-state index < -0.39 is 17.2 Å². The molecule has 1 aromatic carbocycles. The topological polar surface area (TPSA) is 91.2 Å². The molecule has 0 atom stereocenters. The number of hydrogen-bond donors (Lipinski definition) is 2. The van der Waals surface area contributed by atoms with Crippen LogP contribution in [0.25, 0.3) is 0 Å². The first-order chi connectivity index (χ1) is 12.7. The molecular formula is C21H29N3O3. The van der Waals surface area contributed by atoms with Crippen molar-refractivity contribution in [1.29, 1.82) is 5.26 Å². The zero-order chi connectivity index (χ0) is 19.9. The van der Waals surface area contributed by atoms with Crippen LogP contribution in [0.3, 0.4) is 0 Å². The molecule has 1 saturated carbocycles. The third-order valence-electron chi connectivity index (χ3n) is 4.67. The van der Waals surface area contributed by atoms with E-state index in [1.807, 2.05) is 26.8 Å². The number of rotatable bonds is 4. The highest BCUT2D eigenvalue weighted by molar-refractivity contribution is 5.94. The van der Waals surface area contributed by atoms with Gasteiger partial charge in [0.25, 0.3) is 5.91 Å². The summed E-state index contributed by atoms with van der Waals surface area (Å²) >= 11 is 0. The lowest BCUT2D eigenvalue weighted by molar-refractivity contribution is 0.0437. The third-order valence-corrected chi connectivity index (χ3v) is 4.67. The Morgan fingerprint density at radius 1 is 1.19 bits per heavy atom. The van der Waals surface area contributed by atoms with Crippen LogP contribution in [-0.4, -0.2) is 29.7 Å². The first-order valence-electron chi connectivity index (χ1n) is 9.53. The first kappa shape index (κ1) is 20.8. The van der Waals surface area contributed by atoms with Crippen LogP contribution < -0.4 is 10.6 Å². The molecule has 1 aromatic rings. The minimum atomic E-state index is -0.572. The molecule has 0 heterocycles. The highest BCUT2D eigenvalue weighted by Gasteiger charge is 2.34. The highest BCUT2D eigenvalue weighted by atomic mass is 16.6. The predicted octanol–water partition coefficient (Wildman–Crippen LogP) is 3.91. The molecular weight excluding hydrogens is 342 g/mol.